The number of nitrogens with zero attached hydrogens (tertiary/aromatic N) is 2. The monoisotopic (exact) mass is 685 g/mol. The number of aliphatic hydroxyl groups is 2. The van der Waals surface area contributed by atoms with E-state index in [0.29, 0.717) is 12.2 Å². The largest absolute Gasteiger partial charge is 0.497 e. The number of anilines is 2. The van der Waals surface area contributed by atoms with Crippen LogP contribution in [0.4, 0.5) is 11.4 Å². The van der Waals surface area contributed by atoms with Gasteiger partial charge in [0.05, 0.1) is 52.6 Å². The number of ether oxygens (including phenoxy) is 2. The molecule has 3 amide bonds. The van der Waals surface area contributed by atoms with Gasteiger partial charge < -0.3 is 34.8 Å². The van der Waals surface area contributed by atoms with E-state index < -0.39 is 31.8 Å². The van der Waals surface area contributed by atoms with Gasteiger partial charge in [-0.2, -0.15) is 0 Å². The van der Waals surface area contributed by atoms with E-state index in [0.717, 1.165) is 35.4 Å². The van der Waals surface area contributed by atoms with Crippen LogP contribution in [-0.2, 0) is 31.3 Å². The first-order valence-electron chi connectivity index (χ1n) is 17.1. The van der Waals surface area contributed by atoms with Crippen molar-refractivity contribution in [3.8, 4) is 5.75 Å². The SMILES string of the molecule is COc1ccc([Si](C)(C)[C@H]2[C@H](CC(=O)N3CCC[C@H]3CO)O[C@@]3(C(=O)N(Cc4ccc(NC(=O)[C@H](C)O)cc4)c4ccccc43)[C@@H]2C)cc1. The molecule has 0 unspecified atom stereocenters. The Morgan fingerprint density at radius 3 is 2.43 bits per heavy atom. The molecule has 6 rings (SSSR count). The zero-order valence-corrected chi connectivity index (χ0v) is 29.9. The van der Waals surface area contributed by atoms with Gasteiger partial charge in [-0.1, -0.05) is 67.7 Å². The molecule has 0 saturated carbocycles. The van der Waals surface area contributed by atoms with Crippen molar-refractivity contribution in [1.82, 2.24) is 4.90 Å². The molecular formula is C38H47N3O7Si. The minimum atomic E-state index is -2.43. The molecular weight excluding hydrogens is 639 g/mol. The first kappa shape index (κ1) is 34.8. The maximum Gasteiger partial charge on any atom is 0.264 e. The van der Waals surface area contributed by atoms with Crippen LogP contribution in [0.2, 0.25) is 18.6 Å². The fourth-order valence-electron chi connectivity index (χ4n) is 8.39. The summed E-state index contributed by atoms with van der Waals surface area (Å²) >= 11 is 0. The summed E-state index contributed by atoms with van der Waals surface area (Å²) in [5.74, 6) is -0.176. The van der Waals surface area contributed by atoms with Crippen LogP contribution < -0.4 is 20.1 Å². The molecule has 49 heavy (non-hydrogen) atoms. The number of benzene rings is 3. The molecule has 3 aromatic carbocycles. The number of para-hydroxylation sites is 1. The lowest BCUT2D eigenvalue weighted by Crippen LogP contribution is -2.52. The second-order valence-electron chi connectivity index (χ2n) is 14.2. The van der Waals surface area contributed by atoms with Crippen LogP contribution in [0, 0.1) is 5.92 Å². The zero-order chi connectivity index (χ0) is 35.1. The first-order valence-corrected chi connectivity index (χ1v) is 20.2. The molecule has 0 bridgehead atoms. The molecule has 11 heteroatoms. The molecule has 2 fully saturated rings. The first-order chi connectivity index (χ1) is 23.4. The minimum Gasteiger partial charge on any atom is -0.497 e. The maximum absolute atomic E-state index is 15.0. The minimum absolute atomic E-state index is 0.0475. The predicted molar refractivity (Wildman–Crippen MR) is 190 cm³/mol. The summed E-state index contributed by atoms with van der Waals surface area (Å²) in [6, 6.07) is 23.0. The molecule has 0 radical (unpaired) electrons. The number of aliphatic hydroxyl groups excluding tert-OH is 2. The molecule has 2 saturated heterocycles. The Bertz CT molecular complexity index is 1700. The van der Waals surface area contributed by atoms with Crippen molar-refractivity contribution in [1.29, 1.82) is 0 Å². The highest BCUT2D eigenvalue weighted by molar-refractivity contribution is 6.91. The summed E-state index contributed by atoms with van der Waals surface area (Å²) in [7, 11) is -0.787. The lowest BCUT2D eigenvalue weighted by molar-refractivity contribution is -0.150. The third-order valence-corrected chi connectivity index (χ3v) is 15.3. The summed E-state index contributed by atoms with van der Waals surface area (Å²) in [5, 5.41) is 23.4. The quantitative estimate of drug-likeness (QED) is 0.274. The number of hydrogen-bond donors (Lipinski definition) is 3. The molecule has 0 aromatic heterocycles. The molecule has 3 aliphatic rings. The summed E-state index contributed by atoms with van der Waals surface area (Å²) in [6.07, 6.45) is 0.121. The third kappa shape index (κ3) is 6.18. The van der Waals surface area contributed by atoms with Gasteiger partial charge in [0, 0.05) is 23.7 Å². The smallest absolute Gasteiger partial charge is 0.264 e. The summed E-state index contributed by atoms with van der Waals surface area (Å²) < 4.78 is 12.6. The van der Waals surface area contributed by atoms with Crippen LogP contribution in [-0.4, -0.2) is 79.4 Å². The van der Waals surface area contributed by atoms with E-state index >= 15 is 0 Å². The van der Waals surface area contributed by atoms with Gasteiger partial charge in [0.1, 0.15) is 11.9 Å². The van der Waals surface area contributed by atoms with Gasteiger partial charge in [0.25, 0.3) is 11.8 Å². The lowest BCUT2D eigenvalue weighted by Gasteiger charge is -2.37. The van der Waals surface area contributed by atoms with Crippen LogP contribution in [0.3, 0.4) is 0 Å². The Labute approximate surface area is 289 Å². The van der Waals surface area contributed by atoms with E-state index in [2.05, 4.69) is 37.5 Å². The molecule has 10 nitrogen and oxygen atoms in total. The van der Waals surface area contributed by atoms with Crippen molar-refractivity contribution in [3.63, 3.8) is 0 Å². The Morgan fingerprint density at radius 1 is 1.08 bits per heavy atom. The summed E-state index contributed by atoms with van der Waals surface area (Å²) in [6.45, 7) is 8.94. The van der Waals surface area contributed by atoms with Gasteiger partial charge in [-0.3, -0.25) is 14.4 Å². The average Bonchev–Trinajstić information content (AvgIpc) is 3.76. The Kier molecular flexibility index (Phi) is 9.74. The highest BCUT2D eigenvalue weighted by Gasteiger charge is 2.66. The van der Waals surface area contributed by atoms with Gasteiger partial charge >= 0.3 is 0 Å². The van der Waals surface area contributed by atoms with Crippen molar-refractivity contribution in [2.75, 3.05) is 30.5 Å². The maximum atomic E-state index is 15.0. The lowest BCUT2D eigenvalue weighted by atomic mass is 9.82. The normalized spacial score (nSPS) is 25.5. The molecule has 6 atom stereocenters. The summed E-state index contributed by atoms with van der Waals surface area (Å²) in [4.78, 5) is 44.4. The van der Waals surface area contributed by atoms with E-state index in [9.17, 15) is 24.6 Å². The number of carbonyl (C=O) groups is 3. The Morgan fingerprint density at radius 2 is 1.78 bits per heavy atom. The third-order valence-electron chi connectivity index (χ3n) is 11.0. The van der Waals surface area contributed by atoms with E-state index in [1.54, 1.807) is 29.0 Å². The van der Waals surface area contributed by atoms with Gasteiger partial charge in [0.2, 0.25) is 5.91 Å². The van der Waals surface area contributed by atoms with E-state index in [-0.39, 0.29) is 48.9 Å². The van der Waals surface area contributed by atoms with Gasteiger partial charge in [0.15, 0.2) is 5.60 Å². The van der Waals surface area contributed by atoms with E-state index in [4.69, 9.17) is 9.47 Å². The van der Waals surface area contributed by atoms with Crippen molar-refractivity contribution in [2.24, 2.45) is 5.92 Å². The fraction of sp³-hybridized carbons (Fsp3) is 0.447. The van der Waals surface area contributed by atoms with Gasteiger partial charge in [-0.15, -0.1) is 0 Å². The van der Waals surface area contributed by atoms with Crippen LogP contribution in [0.15, 0.2) is 72.8 Å². The molecule has 260 valence electrons. The highest BCUT2D eigenvalue weighted by atomic mass is 28.3. The molecule has 3 heterocycles. The highest BCUT2D eigenvalue weighted by Crippen LogP contribution is 2.60. The standard InChI is InChI=1S/C38H47N3O7Si/c1-24-35(49(4,5)30-18-16-29(47-3)17-19-30)33(21-34(44)40-20-8-9-28(40)23-42)48-38(24)31-10-6-7-11-32(31)41(37(38)46)22-26-12-14-27(15-13-26)39-36(45)25(2)43/h6-7,10-19,24-25,28,33,35,42-43H,8-9,20-23H2,1-5H3,(H,39,45)/t24-,25+,28+,33+,35-,38+/m1/s1. The fourth-order valence-corrected chi connectivity index (χ4v) is 12.4. The second-order valence-corrected chi connectivity index (χ2v) is 18.9. The number of amides is 3. The average molecular weight is 686 g/mol. The summed E-state index contributed by atoms with van der Waals surface area (Å²) in [5.41, 5.74) is 1.63. The van der Waals surface area contributed by atoms with Crippen LogP contribution in [0.1, 0.15) is 44.2 Å². The predicted octanol–water partition coefficient (Wildman–Crippen LogP) is 4.15. The molecule has 0 aliphatic carbocycles. The topological polar surface area (TPSA) is 129 Å². The van der Waals surface area contributed by atoms with Crippen molar-refractivity contribution < 1.29 is 34.1 Å². The van der Waals surface area contributed by atoms with E-state index in [1.165, 1.54) is 12.1 Å². The molecule has 3 aromatic rings. The van der Waals surface area contributed by atoms with Crippen LogP contribution in [0.25, 0.3) is 0 Å². The second kappa shape index (κ2) is 13.7. The number of rotatable bonds is 10. The van der Waals surface area contributed by atoms with Gasteiger partial charge in [-0.05, 0) is 61.2 Å². The van der Waals surface area contributed by atoms with E-state index in [1.807, 2.05) is 48.5 Å². The van der Waals surface area contributed by atoms with Crippen LogP contribution >= 0.6 is 0 Å². The van der Waals surface area contributed by atoms with Crippen molar-refractivity contribution in [3.05, 3.63) is 83.9 Å². The Hall–Kier alpha value is -4.03. The van der Waals surface area contributed by atoms with Crippen LogP contribution in [0.5, 0.6) is 5.75 Å². The van der Waals surface area contributed by atoms with Gasteiger partial charge in [-0.25, -0.2) is 0 Å². The number of carbonyl (C=O) groups excluding carboxylic acids is 3. The number of hydrogen-bond acceptors (Lipinski definition) is 7. The zero-order valence-electron chi connectivity index (χ0n) is 28.9. The number of methoxy groups -OCH3 is 1. The number of nitrogens with one attached hydrogen (secondary N) is 1. The van der Waals surface area contributed by atoms with Crippen molar-refractivity contribution in [2.45, 2.75) is 82.1 Å². The molecule has 3 aliphatic heterocycles. The number of fused-ring (bicyclic) bond motifs is 2. The molecule has 1 spiro atoms. The number of likely N-dealkylation sites (tertiary alicyclic amines) is 1. The molecule has 3 N–H and O–H groups in total. The van der Waals surface area contributed by atoms with Crippen molar-refractivity contribution >= 4 is 42.4 Å². The Balaban J connectivity index is 1.36.